The molecule has 110 valence electrons. The van der Waals surface area contributed by atoms with Gasteiger partial charge in [0.2, 0.25) is 5.89 Å². The standard InChI is InChI=1S/C12H13N5O4/c1-13-12(18)8-2-3-10(17(19)20)9(6-8)14-5-4-11-15-7-16-21-11/h2-3,6-7,14H,4-5H2,1H3,(H,13,18). The molecule has 9 nitrogen and oxygen atoms in total. The number of hydrogen-bond donors (Lipinski definition) is 2. The second kappa shape index (κ2) is 6.46. The van der Waals surface area contributed by atoms with Crippen molar-refractivity contribution in [2.24, 2.45) is 0 Å². The fourth-order valence-electron chi connectivity index (χ4n) is 1.73. The highest BCUT2D eigenvalue weighted by atomic mass is 16.6. The van der Waals surface area contributed by atoms with Gasteiger partial charge in [-0.25, -0.2) is 0 Å². The number of hydrogen-bond acceptors (Lipinski definition) is 7. The number of benzene rings is 1. The topological polar surface area (TPSA) is 123 Å². The molecule has 0 saturated carbocycles. The molecule has 0 fully saturated rings. The molecule has 0 atom stereocenters. The summed E-state index contributed by atoms with van der Waals surface area (Å²) in [5.74, 6) is 0.109. The van der Waals surface area contributed by atoms with E-state index in [9.17, 15) is 14.9 Å². The average Bonchev–Trinajstić information content (AvgIpc) is 2.99. The van der Waals surface area contributed by atoms with E-state index in [1.807, 2.05) is 0 Å². The van der Waals surface area contributed by atoms with E-state index in [4.69, 9.17) is 4.52 Å². The van der Waals surface area contributed by atoms with Crippen LogP contribution in [0.2, 0.25) is 0 Å². The number of amides is 1. The molecule has 1 amide bonds. The van der Waals surface area contributed by atoms with Crippen molar-refractivity contribution < 1.29 is 14.2 Å². The predicted octanol–water partition coefficient (Wildman–Crippen LogP) is 0.992. The molecule has 0 radical (unpaired) electrons. The molecule has 0 spiro atoms. The summed E-state index contributed by atoms with van der Waals surface area (Å²) in [4.78, 5) is 25.9. The largest absolute Gasteiger partial charge is 0.379 e. The lowest BCUT2D eigenvalue weighted by Gasteiger charge is -2.08. The number of nitro benzene ring substituents is 1. The molecule has 2 aromatic rings. The highest BCUT2D eigenvalue weighted by Crippen LogP contribution is 2.25. The predicted molar refractivity (Wildman–Crippen MR) is 73.0 cm³/mol. The van der Waals surface area contributed by atoms with Gasteiger partial charge in [-0.3, -0.25) is 14.9 Å². The molecule has 0 bridgehead atoms. The summed E-state index contributed by atoms with van der Waals surface area (Å²) in [5, 5.41) is 19.8. The first kappa shape index (κ1) is 14.4. The average molecular weight is 291 g/mol. The van der Waals surface area contributed by atoms with Gasteiger partial charge in [-0.2, -0.15) is 4.98 Å². The van der Waals surface area contributed by atoms with Crippen molar-refractivity contribution in [2.75, 3.05) is 18.9 Å². The third-order valence-corrected chi connectivity index (χ3v) is 2.74. The maximum absolute atomic E-state index is 11.6. The number of nitrogens with zero attached hydrogens (tertiary/aromatic N) is 3. The van der Waals surface area contributed by atoms with E-state index in [1.54, 1.807) is 0 Å². The number of aromatic nitrogens is 2. The number of nitrogens with one attached hydrogen (secondary N) is 2. The third kappa shape index (κ3) is 3.53. The minimum Gasteiger partial charge on any atom is -0.379 e. The van der Waals surface area contributed by atoms with Crippen LogP contribution in [0.25, 0.3) is 0 Å². The molecule has 1 aromatic carbocycles. The van der Waals surface area contributed by atoms with Crippen molar-refractivity contribution in [1.29, 1.82) is 0 Å². The lowest BCUT2D eigenvalue weighted by Crippen LogP contribution is -2.18. The van der Waals surface area contributed by atoms with E-state index in [2.05, 4.69) is 20.8 Å². The fourth-order valence-corrected chi connectivity index (χ4v) is 1.73. The lowest BCUT2D eigenvalue weighted by molar-refractivity contribution is -0.384. The van der Waals surface area contributed by atoms with Gasteiger partial charge in [-0.05, 0) is 12.1 Å². The molecular formula is C12H13N5O4. The zero-order valence-corrected chi connectivity index (χ0v) is 11.2. The van der Waals surface area contributed by atoms with Crippen LogP contribution in [0, 0.1) is 10.1 Å². The zero-order valence-electron chi connectivity index (χ0n) is 11.2. The van der Waals surface area contributed by atoms with Gasteiger partial charge in [0.05, 0.1) is 4.92 Å². The Morgan fingerprint density at radius 2 is 2.29 bits per heavy atom. The van der Waals surface area contributed by atoms with Gasteiger partial charge in [0, 0.05) is 31.6 Å². The summed E-state index contributed by atoms with van der Waals surface area (Å²) in [6.45, 7) is 0.361. The highest BCUT2D eigenvalue weighted by molar-refractivity contribution is 5.95. The SMILES string of the molecule is CNC(=O)c1ccc([N+](=O)[O-])c(NCCc2ncno2)c1. The van der Waals surface area contributed by atoms with Crippen LogP contribution in [0.4, 0.5) is 11.4 Å². The van der Waals surface area contributed by atoms with E-state index in [0.717, 1.165) is 0 Å². The molecule has 1 heterocycles. The molecule has 0 aliphatic heterocycles. The maximum Gasteiger partial charge on any atom is 0.292 e. The highest BCUT2D eigenvalue weighted by Gasteiger charge is 2.16. The van der Waals surface area contributed by atoms with Gasteiger partial charge in [0.1, 0.15) is 5.69 Å². The van der Waals surface area contributed by atoms with Crippen molar-refractivity contribution in [3.8, 4) is 0 Å². The van der Waals surface area contributed by atoms with E-state index >= 15 is 0 Å². The summed E-state index contributed by atoms with van der Waals surface area (Å²) in [5.41, 5.74) is 0.497. The van der Waals surface area contributed by atoms with Gasteiger partial charge in [-0.1, -0.05) is 5.16 Å². The Kier molecular flexibility index (Phi) is 4.44. The molecular weight excluding hydrogens is 278 g/mol. The van der Waals surface area contributed by atoms with Crippen LogP contribution in [0.5, 0.6) is 0 Å². The number of rotatable bonds is 6. The smallest absolute Gasteiger partial charge is 0.292 e. The maximum atomic E-state index is 11.6. The minimum absolute atomic E-state index is 0.104. The van der Waals surface area contributed by atoms with Crippen LogP contribution in [-0.2, 0) is 6.42 Å². The van der Waals surface area contributed by atoms with Crippen molar-refractivity contribution in [2.45, 2.75) is 6.42 Å². The lowest BCUT2D eigenvalue weighted by atomic mass is 10.1. The molecule has 1 aromatic heterocycles. The van der Waals surface area contributed by atoms with E-state index in [0.29, 0.717) is 24.4 Å². The van der Waals surface area contributed by atoms with Crippen molar-refractivity contribution >= 4 is 17.3 Å². The molecule has 2 N–H and O–H groups in total. The first-order valence-corrected chi connectivity index (χ1v) is 6.11. The molecule has 0 aliphatic rings. The molecule has 9 heteroatoms. The summed E-state index contributed by atoms with van der Waals surface area (Å²) in [7, 11) is 1.49. The van der Waals surface area contributed by atoms with Crippen LogP contribution in [0.3, 0.4) is 0 Å². The molecule has 0 saturated heterocycles. The molecule has 2 rings (SSSR count). The summed E-state index contributed by atoms with van der Waals surface area (Å²) in [6.07, 6.45) is 1.70. The normalized spacial score (nSPS) is 10.1. The zero-order chi connectivity index (χ0) is 15.2. The molecule has 21 heavy (non-hydrogen) atoms. The van der Waals surface area contributed by atoms with Gasteiger partial charge < -0.3 is 15.2 Å². The van der Waals surface area contributed by atoms with Crippen molar-refractivity contribution in [1.82, 2.24) is 15.5 Å². The molecule has 0 aliphatic carbocycles. The Bertz CT molecular complexity index is 641. The third-order valence-electron chi connectivity index (χ3n) is 2.74. The van der Waals surface area contributed by atoms with Gasteiger partial charge >= 0.3 is 0 Å². The van der Waals surface area contributed by atoms with Crippen LogP contribution in [-0.4, -0.2) is 34.6 Å². The Labute approximate surface area is 119 Å². The van der Waals surface area contributed by atoms with Gasteiger partial charge in [0.25, 0.3) is 11.6 Å². The van der Waals surface area contributed by atoms with Crippen molar-refractivity contribution in [3.05, 3.63) is 46.1 Å². The second-order valence-electron chi connectivity index (χ2n) is 4.08. The van der Waals surface area contributed by atoms with Crippen molar-refractivity contribution in [3.63, 3.8) is 0 Å². The first-order chi connectivity index (χ1) is 10.1. The number of carbonyl (C=O) groups is 1. The summed E-state index contributed by atoms with van der Waals surface area (Å²) < 4.78 is 4.83. The van der Waals surface area contributed by atoms with E-state index in [1.165, 1.54) is 31.6 Å². The van der Waals surface area contributed by atoms with Gasteiger partial charge in [0.15, 0.2) is 6.33 Å². The summed E-state index contributed by atoms with van der Waals surface area (Å²) in [6, 6.07) is 4.13. The Hall–Kier alpha value is -2.97. The minimum atomic E-state index is -0.511. The number of nitro groups is 1. The van der Waals surface area contributed by atoms with Crippen LogP contribution in [0.15, 0.2) is 29.0 Å². The fraction of sp³-hybridized carbons (Fsp3) is 0.250. The second-order valence-corrected chi connectivity index (χ2v) is 4.08. The first-order valence-electron chi connectivity index (χ1n) is 6.11. The summed E-state index contributed by atoms with van der Waals surface area (Å²) >= 11 is 0. The van der Waals surface area contributed by atoms with Gasteiger partial charge in [-0.15, -0.1) is 0 Å². The Balaban J connectivity index is 2.14. The van der Waals surface area contributed by atoms with Crippen LogP contribution in [0.1, 0.15) is 16.2 Å². The monoisotopic (exact) mass is 291 g/mol. The Morgan fingerprint density at radius 3 is 2.90 bits per heavy atom. The Morgan fingerprint density at radius 1 is 1.48 bits per heavy atom. The quantitative estimate of drug-likeness (QED) is 0.600. The number of carbonyl (C=O) groups excluding carboxylic acids is 1. The molecule has 0 unspecified atom stereocenters. The number of anilines is 1. The van der Waals surface area contributed by atoms with E-state index < -0.39 is 4.92 Å². The van der Waals surface area contributed by atoms with E-state index in [-0.39, 0.29) is 17.3 Å². The van der Waals surface area contributed by atoms with Crippen LogP contribution < -0.4 is 10.6 Å². The van der Waals surface area contributed by atoms with Crippen LogP contribution >= 0.6 is 0 Å².